The highest BCUT2D eigenvalue weighted by atomic mass is 79.9. The first kappa shape index (κ1) is 14.5. The van der Waals surface area contributed by atoms with Crippen LogP contribution < -0.4 is 5.32 Å². The largest absolute Gasteiger partial charge is 0.345 e. The summed E-state index contributed by atoms with van der Waals surface area (Å²) >= 11 is 3.47. The zero-order valence-electron chi connectivity index (χ0n) is 11.4. The maximum atomic E-state index is 12.1. The van der Waals surface area contributed by atoms with E-state index in [9.17, 15) is 4.79 Å². The smallest absolute Gasteiger partial charge is 0.222 e. The number of likely N-dealkylation sites (N-methyl/N-ethyl adjacent to an activating group) is 1. The summed E-state index contributed by atoms with van der Waals surface area (Å²) in [5, 5.41) is 3.30. The molecule has 19 heavy (non-hydrogen) atoms. The van der Waals surface area contributed by atoms with Crippen molar-refractivity contribution in [1.29, 1.82) is 0 Å². The highest BCUT2D eigenvalue weighted by Crippen LogP contribution is 2.15. The average molecular weight is 325 g/mol. The Morgan fingerprint density at radius 2 is 2.37 bits per heavy atom. The second kappa shape index (κ2) is 7.06. The predicted octanol–water partition coefficient (Wildman–Crippen LogP) is 2.45. The molecule has 3 nitrogen and oxygen atoms in total. The molecule has 0 saturated carbocycles. The molecule has 1 N–H and O–H groups in total. The predicted molar refractivity (Wildman–Crippen MR) is 81.1 cm³/mol. The normalized spacial score (nSPS) is 18.5. The molecule has 1 fully saturated rings. The molecule has 1 aliphatic rings. The van der Waals surface area contributed by atoms with E-state index in [1.807, 2.05) is 24.1 Å². The highest BCUT2D eigenvalue weighted by molar-refractivity contribution is 9.10. The molecule has 1 aromatic rings. The van der Waals surface area contributed by atoms with Crippen molar-refractivity contribution in [2.75, 3.05) is 26.7 Å². The van der Waals surface area contributed by atoms with Crippen molar-refractivity contribution in [1.82, 2.24) is 10.2 Å². The molecule has 0 aromatic heterocycles. The molecule has 0 radical (unpaired) electrons. The third-order valence-corrected chi connectivity index (χ3v) is 4.17. The van der Waals surface area contributed by atoms with Crippen LogP contribution in [-0.4, -0.2) is 37.5 Å². The third kappa shape index (κ3) is 4.62. The van der Waals surface area contributed by atoms with Crippen molar-refractivity contribution < 1.29 is 4.79 Å². The Hall–Kier alpha value is -0.870. The van der Waals surface area contributed by atoms with Gasteiger partial charge in [0.2, 0.25) is 5.91 Å². The topological polar surface area (TPSA) is 32.3 Å². The van der Waals surface area contributed by atoms with Gasteiger partial charge in [0.1, 0.15) is 0 Å². The van der Waals surface area contributed by atoms with Crippen LogP contribution in [0.5, 0.6) is 0 Å². The van der Waals surface area contributed by atoms with Crippen LogP contribution in [0.2, 0.25) is 0 Å². The van der Waals surface area contributed by atoms with Crippen LogP contribution in [0.25, 0.3) is 0 Å². The minimum Gasteiger partial charge on any atom is -0.345 e. The molecular formula is C15H21BrN2O. The van der Waals surface area contributed by atoms with Gasteiger partial charge in [-0.2, -0.15) is 0 Å². The van der Waals surface area contributed by atoms with Gasteiger partial charge in [-0.1, -0.05) is 28.1 Å². The molecule has 4 heteroatoms. The fraction of sp³-hybridized carbons (Fsp3) is 0.533. The van der Waals surface area contributed by atoms with Crippen molar-refractivity contribution in [2.24, 2.45) is 5.92 Å². The SMILES string of the molecule is CN(CCc1cccc(Br)c1)C(=O)CC1CCNC1. The van der Waals surface area contributed by atoms with Gasteiger partial charge in [0.15, 0.2) is 0 Å². The summed E-state index contributed by atoms with van der Waals surface area (Å²) in [6.07, 6.45) is 2.72. The zero-order valence-corrected chi connectivity index (χ0v) is 12.9. The minimum atomic E-state index is 0.267. The Morgan fingerprint density at radius 1 is 1.53 bits per heavy atom. The fourth-order valence-electron chi connectivity index (χ4n) is 2.41. The molecule has 2 rings (SSSR count). The van der Waals surface area contributed by atoms with E-state index in [2.05, 4.69) is 33.4 Å². The lowest BCUT2D eigenvalue weighted by molar-refractivity contribution is -0.130. The number of hydrogen-bond acceptors (Lipinski definition) is 2. The lowest BCUT2D eigenvalue weighted by atomic mass is 10.0. The molecule has 0 spiro atoms. The van der Waals surface area contributed by atoms with Crippen molar-refractivity contribution >= 4 is 21.8 Å². The van der Waals surface area contributed by atoms with E-state index in [1.165, 1.54) is 5.56 Å². The molecule has 1 heterocycles. The molecular weight excluding hydrogens is 304 g/mol. The molecule has 1 saturated heterocycles. The van der Waals surface area contributed by atoms with Crippen LogP contribution in [0.3, 0.4) is 0 Å². The number of rotatable bonds is 5. The van der Waals surface area contributed by atoms with Crippen LogP contribution >= 0.6 is 15.9 Å². The lowest BCUT2D eigenvalue weighted by Gasteiger charge is -2.19. The van der Waals surface area contributed by atoms with Gasteiger partial charge in [0.05, 0.1) is 0 Å². The first-order valence-electron chi connectivity index (χ1n) is 6.84. The van der Waals surface area contributed by atoms with Crippen LogP contribution in [0, 0.1) is 5.92 Å². The molecule has 0 aliphatic carbocycles. The van der Waals surface area contributed by atoms with Gasteiger partial charge in [-0.25, -0.2) is 0 Å². The number of halogens is 1. The second-order valence-corrected chi connectivity index (χ2v) is 6.17. The van der Waals surface area contributed by atoms with Gasteiger partial charge in [-0.15, -0.1) is 0 Å². The maximum Gasteiger partial charge on any atom is 0.222 e. The quantitative estimate of drug-likeness (QED) is 0.902. The van der Waals surface area contributed by atoms with Gasteiger partial charge in [0.25, 0.3) is 0 Å². The Bertz CT molecular complexity index is 430. The summed E-state index contributed by atoms with van der Waals surface area (Å²) in [6, 6.07) is 8.26. The number of nitrogens with one attached hydrogen (secondary N) is 1. The monoisotopic (exact) mass is 324 g/mol. The number of hydrogen-bond donors (Lipinski definition) is 1. The first-order valence-corrected chi connectivity index (χ1v) is 7.63. The van der Waals surface area contributed by atoms with E-state index >= 15 is 0 Å². The van der Waals surface area contributed by atoms with E-state index in [0.717, 1.165) is 36.9 Å². The Kier molecular flexibility index (Phi) is 5.40. The third-order valence-electron chi connectivity index (χ3n) is 3.68. The maximum absolute atomic E-state index is 12.1. The molecule has 1 unspecified atom stereocenters. The van der Waals surface area contributed by atoms with Crippen LogP contribution in [0.4, 0.5) is 0 Å². The van der Waals surface area contributed by atoms with Gasteiger partial charge < -0.3 is 10.2 Å². The molecule has 1 aliphatic heterocycles. The Balaban J connectivity index is 1.76. The average Bonchev–Trinajstić information content (AvgIpc) is 2.89. The van der Waals surface area contributed by atoms with Crippen molar-refractivity contribution in [3.8, 4) is 0 Å². The highest BCUT2D eigenvalue weighted by Gasteiger charge is 2.19. The summed E-state index contributed by atoms with van der Waals surface area (Å²) in [6.45, 7) is 2.83. The van der Waals surface area contributed by atoms with E-state index < -0.39 is 0 Å². The molecule has 104 valence electrons. The standard InChI is InChI=1S/C15H21BrN2O/c1-18(15(19)10-13-5-7-17-11-13)8-6-12-3-2-4-14(16)9-12/h2-4,9,13,17H,5-8,10-11H2,1H3. The van der Waals surface area contributed by atoms with Crippen molar-refractivity contribution in [3.05, 3.63) is 34.3 Å². The van der Waals surface area contributed by atoms with Crippen molar-refractivity contribution in [3.63, 3.8) is 0 Å². The van der Waals surface area contributed by atoms with Crippen LogP contribution in [0.15, 0.2) is 28.7 Å². The van der Waals surface area contributed by atoms with Gasteiger partial charge >= 0.3 is 0 Å². The number of carbonyl (C=O) groups excluding carboxylic acids is 1. The zero-order chi connectivity index (χ0) is 13.7. The molecule has 1 amide bonds. The minimum absolute atomic E-state index is 0.267. The lowest BCUT2D eigenvalue weighted by Crippen LogP contribution is -2.30. The van der Waals surface area contributed by atoms with Crippen LogP contribution in [0.1, 0.15) is 18.4 Å². The summed E-state index contributed by atoms with van der Waals surface area (Å²) in [4.78, 5) is 13.9. The number of nitrogens with zero attached hydrogens (tertiary/aromatic N) is 1. The molecule has 1 atom stereocenters. The van der Waals surface area contributed by atoms with E-state index in [4.69, 9.17) is 0 Å². The van der Waals surface area contributed by atoms with Crippen molar-refractivity contribution in [2.45, 2.75) is 19.3 Å². The Morgan fingerprint density at radius 3 is 3.05 bits per heavy atom. The first-order chi connectivity index (χ1) is 9.15. The van der Waals surface area contributed by atoms with Gasteiger partial charge in [0, 0.05) is 24.5 Å². The molecule has 1 aromatic carbocycles. The number of benzene rings is 1. The summed E-state index contributed by atoms with van der Waals surface area (Å²) in [7, 11) is 1.91. The van der Waals surface area contributed by atoms with E-state index in [-0.39, 0.29) is 5.91 Å². The van der Waals surface area contributed by atoms with Crippen LogP contribution in [-0.2, 0) is 11.2 Å². The van der Waals surface area contributed by atoms with Gasteiger partial charge in [-0.3, -0.25) is 4.79 Å². The number of carbonyl (C=O) groups is 1. The van der Waals surface area contributed by atoms with E-state index in [0.29, 0.717) is 12.3 Å². The Labute approximate surface area is 123 Å². The number of amides is 1. The summed E-state index contributed by atoms with van der Waals surface area (Å²) < 4.78 is 1.09. The summed E-state index contributed by atoms with van der Waals surface area (Å²) in [5.74, 6) is 0.796. The van der Waals surface area contributed by atoms with Gasteiger partial charge in [-0.05, 0) is 49.5 Å². The second-order valence-electron chi connectivity index (χ2n) is 5.26. The summed E-state index contributed by atoms with van der Waals surface area (Å²) in [5.41, 5.74) is 1.26. The fourth-order valence-corrected chi connectivity index (χ4v) is 2.85. The van der Waals surface area contributed by atoms with E-state index in [1.54, 1.807) is 0 Å². The molecule has 0 bridgehead atoms.